The van der Waals surface area contributed by atoms with E-state index in [0.29, 0.717) is 32.2 Å². The molecule has 0 aliphatic heterocycles. The molecule has 3 nitrogen and oxygen atoms in total. The van der Waals surface area contributed by atoms with Crippen LogP contribution in [0.15, 0.2) is 0 Å². The monoisotopic (exact) mass is 266 g/mol. The second-order valence-corrected chi connectivity index (χ2v) is 5.10. The summed E-state index contributed by atoms with van der Waals surface area (Å²) in [4.78, 5) is 11.8. The number of amides is 1. The maximum Gasteiger partial charge on any atom is 0.392 e. The van der Waals surface area contributed by atoms with Crippen LogP contribution < -0.4 is 11.1 Å². The minimum absolute atomic E-state index is 0.0601. The van der Waals surface area contributed by atoms with E-state index in [1.54, 1.807) is 6.92 Å². The Labute approximate surface area is 105 Å². The fourth-order valence-electron chi connectivity index (χ4n) is 2.39. The molecule has 1 fully saturated rings. The van der Waals surface area contributed by atoms with Gasteiger partial charge >= 0.3 is 6.18 Å². The number of hydrogen-bond donors (Lipinski definition) is 2. The normalized spacial score (nSPS) is 26.7. The van der Waals surface area contributed by atoms with Crippen molar-refractivity contribution in [2.75, 3.05) is 6.54 Å². The number of hydrogen-bond acceptors (Lipinski definition) is 2. The highest BCUT2D eigenvalue weighted by atomic mass is 19.4. The fourth-order valence-corrected chi connectivity index (χ4v) is 2.39. The number of halogens is 3. The van der Waals surface area contributed by atoms with Crippen LogP contribution in [0.4, 0.5) is 13.2 Å². The van der Waals surface area contributed by atoms with Gasteiger partial charge in [0, 0.05) is 18.5 Å². The number of nitrogens with one attached hydrogen (secondary N) is 1. The molecule has 1 aliphatic carbocycles. The summed E-state index contributed by atoms with van der Waals surface area (Å²) in [6.07, 6.45) is -2.06. The van der Waals surface area contributed by atoms with Crippen LogP contribution in [0.25, 0.3) is 0 Å². The van der Waals surface area contributed by atoms with Crippen LogP contribution >= 0.6 is 0 Å². The largest absolute Gasteiger partial charge is 0.392 e. The summed E-state index contributed by atoms with van der Waals surface area (Å²) in [7, 11) is 0. The molecule has 0 aromatic rings. The zero-order valence-corrected chi connectivity index (χ0v) is 10.6. The lowest BCUT2D eigenvalue weighted by Gasteiger charge is -2.32. The lowest BCUT2D eigenvalue weighted by atomic mass is 9.78. The lowest BCUT2D eigenvalue weighted by Crippen LogP contribution is -2.43. The molecule has 0 bridgehead atoms. The summed E-state index contributed by atoms with van der Waals surface area (Å²) in [5.41, 5.74) is 5.52. The molecular weight excluding hydrogens is 245 g/mol. The summed E-state index contributed by atoms with van der Waals surface area (Å²) < 4.78 is 38.4. The Morgan fingerprint density at radius 3 is 2.56 bits per heavy atom. The Balaban J connectivity index is 2.52. The summed E-state index contributed by atoms with van der Waals surface area (Å²) in [6.45, 7) is 2.14. The first-order chi connectivity index (χ1) is 8.32. The van der Waals surface area contributed by atoms with Gasteiger partial charge in [-0.15, -0.1) is 0 Å². The minimum Gasteiger partial charge on any atom is -0.356 e. The number of alkyl halides is 3. The molecule has 6 heteroatoms. The molecule has 3 atom stereocenters. The molecule has 18 heavy (non-hydrogen) atoms. The van der Waals surface area contributed by atoms with Crippen molar-refractivity contribution in [3.05, 3.63) is 0 Å². The van der Waals surface area contributed by atoms with E-state index in [4.69, 9.17) is 5.73 Å². The van der Waals surface area contributed by atoms with Crippen LogP contribution in [-0.4, -0.2) is 24.7 Å². The third-order valence-corrected chi connectivity index (χ3v) is 3.42. The highest BCUT2D eigenvalue weighted by Crippen LogP contribution is 2.41. The van der Waals surface area contributed by atoms with Gasteiger partial charge in [-0.2, -0.15) is 13.2 Å². The van der Waals surface area contributed by atoms with Crippen LogP contribution in [0.1, 0.15) is 39.0 Å². The lowest BCUT2D eigenvalue weighted by molar-refractivity contribution is -0.198. The van der Waals surface area contributed by atoms with Gasteiger partial charge in [0.1, 0.15) is 0 Å². The molecule has 3 unspecified atom stereocenters. The molecule has 0 radical (unpaired) electrons. The van der Waals surface area contributed by atoms with Gasteiger partial charge in [-0.25, -0.2) is 0 Å². The highest BCUT2D eigenvalue weighted by Gasteiger charge is 2.47. The van der Waals surface area contributed by atoms with Crippen molar-refractivity contribution in [2.45, 2.75) is 51.2 Å². The van der Waals surface area contributed by atoms with Crippen molar-refractivity contribution >= 4 is 5.91 Å². The van der Waals surface area contributed by atoms with Crippen molar-refractivity contribution < 1.29 is 18.0 Å². The van der Waals surface area contributed by atoms with Gasteiger partial charge in [-0.05, 0) is 26.2 Å². The first kappa shape index (κ1) is 15.3. The first-order valence-corrected chi connectivity index (χ1v) is 6.42. The Morgan fingerprint density at radius 1 is 1.39 bits per heavy atom. The van der Waals surface area contributed by atoms with E-state index >= 15 is 0 Å². The molecule has 3 N–H and O–H groups in total. The molecule has 0 heterocycles. The molecule has 106 valence electrons. The molecule has 1 aliphatic rings. The molecule has 0 aromatic heterocycles. The van der Waals surface area contributed by atoms with Crippen LogP contribution in [0.3, 0.4) is 0 Å². The van der Waals surface area contributed by atoms with E-state index in [-0.39, 0.29) is 12.5 Å². The first-order valence-electron chi connectivity index (χ1n) is 6.42. The van der Waals surface area contributed by atoms with Crippen molar-refractivity contribution in [2.24, 2.45) is 17.6 Å². The van der Waals surface area contributed by atoms with Gasteiger partial charge in [-0.3, -0.25) is 4.79 Å². The fraction of sp³-hybridized carbons (Fsp3) is 0.917. The quantitative estimate of drug-likeness (QED) is 0.819. The van der Waals surface area contributed by atoms with E-state index in [9.17, 15) is 18.0 Å². The maximum absolute atomic E-state index is 12.8. The molecule has 1 rings (SSSR count). The number of carbonyl (C=O) groups is 1. The maximum atomic E-state index is 12.8. The Kier molecular flexibility index (Phi) is 5.44. The molecule has 1 saturated carbocycles. The zero-order chi connectivity index (χ0) is 13.8. The van der Waals surface area contributed by atoms with Gasteiger partial charge in [0.2, 0.25) is 5.91 Å². The van der Waals surface area contributed by atoms with Crippen molar-refractivity contribution in [1.29, 1.82) is 0 Å². The summed E-state index contributed by atoms with van der Waals surface area (Å²) in [5.74, 6) is -2.88. The second-order valence-electron chi connectivity index (χ2n) is 5.10. The third kappa shape index (κ3) is 4.48. The predicted molar refractivity (Wildman–Crippen MR) is 62.8 cm³/mol. The number of nitrogens with two attached hydrogens (primary N) is 1. The highest BCUT2D eigenvalue weighted by molar-refractivity contribution is 5.79. The third-order valence-electron chi connectivity index (χ3n) is 3.42. The average molecular weight is 266 g/mol. The van der Waals surface area contributed by atoms with E-state index in [2.05, 4.69) is 5.32 Å². The van der Waals surface area contributed by atoms with E-state index in [1.807, 2.05) is 0 Å². The average Bonchev–Trinajstić information content (AvgIpc) is 2.27. The molecule has 0 spiro atoms. The molecular formula is C12H21F3N2O. The van der Waals surface area contributed by atoms with Crippen LogP contribution in [0.2, 0.25) is 0 Å². The number of rotatable bonds is 4. The summed E-state index contributed by atoms with van der Waals surface area (Å²) >= 11 is 0. The van der Waals surface area contributed by atoms with E-state index in [0.717, 1.165) is 0 Å². The molecule has 0 saturated heterocycles. The summed E-state index contributed by atoms with van der Waals surface area (Å²) in [6, 6.07) is -0.0601. The summed E-state index contributed by atoms with van der Waals surface area (Å²) in [5, 5.41) is 2.57. The molecule has 1 amide bonds. The Hall–Kier alpha value is -0.780. The smallest absolute Gasteiger partial charge is 0.356 e. The molecule has 0 aromatic carbocycles. The van der Waals surface area contributed by atoms with E-state index < -0.39 is 23.9 Å². The van der Waals surface area contributed by atoms with Crippen molar-refractivity contribution in [3.8, 4) is 0 Å². The second kappa shape index (κ2) is 6.41. The number of carbonyl (C=O) groups excluding carboxylic acids is 1. The standard InChI is InChI=1S/C12H21F3N2O/c1-8(16)6-7-17-11(18)9-4-2-3-5-10(9)12(13,14)15/h8-10H,2-7,16H2,1H3,(H,17,18). The SMILES string of the molecule is CC(N)CCNC(=O)C1CCCCC1C(F)(F)F. The van der Waals surface area contributed by atoms with Crippen molar-refractivity contribution in [1.82, 2.24) is 5.32 Å². The van der Waals surface area contributed by atoms with Gasteiger partial charge in [0.15, 0.2) is 0 Å². The van der Waals surface area contributed by atoms with Gasteiger partial charge in [0.25, 0.3) is 0 Å². The van der Waals surface area contributed by atoms with Crippen LogP contribution in [0, 0.1) is 11.8 Å². The zero-order valence-electron chi connectivity index (χ0n) is 10.6. The topological polar surface area (TPSA) is 55.1 Å². The van der Waals surface area contributed by atoms with Crippen LogP contribution in [0.5, 0.6) is 0 Å². The Bertz CT molecular complexity index is 279. The van der Waals surface area contributed by atoms with E-state index in [1.165, 1.54) is 0 Å². The van der Waals surface area contributed by atoms with Gasteiger partial charge in [0.05, 0.1) is 5.92 Å². The Morgan fingerprint density at radius 2 is 2.00 bits per heavy atom. The van der Waals surface area contributed by atoms with Crippen LogP contribution in [-0.2, 0) is 4.79 Å². The van der Waals surface area contributed by atoms with Crippen molar-refractivity contribution in [3.63, 3.8) is 0 Å². The minimum atomic E-state index is -4.27. The van der Waals surface area contributed by atoms with Gasteiger partial charge in [-0.1, -0.05) is 12.8 Å². The van der Waals surface area contributed by atoms with Gasteiger partial charge < -0.3 is 11.1 Å². The predicted octanol–water partition coefficient (Wildman–Crippen LogP) is 2.21.